The van der Waals surface area contributed by atoms with Crippen molar-refractivity contribution in [1.29, 1.82) is 0 Å². The van der Waals surface area contributed by atoms with Crippen LogP contribution in [0, 0.1) is 12.8 Å². The number of hydrogen-bond acceptors (Lipinski definition) is 3. The summed E-state index contributed by atoms with van der Waals surface area (Å²) in [4.78, 5) is 27.0. The van der Waals surface area contributed by atoms with Crippen LogP contribution in [0.15, 0.2) is 30.5 Å². The van der Waals surface area contributed by atoms with Crippen molar-refractivity contribution in [3.63, 3.8) is 0 Å². The maximum absolute atomic E-state index is 12.9. The average Bonchev–Trinajstić information content (AvgIpc) is 3.47. The van der Waals surface area contributed by atoms with Crippen LogP contribution in [-0.4, -0.2) is 45.6 Å². The molecule has 1 saturated heterocycles. The van der Waals surface area contributed by atoms with E-state index in [1.54, 1.807) is 6.20 Å². The first-order valence-corrected chi connectivity index (χ1v) is 10.3. The van der Waals surface area contributed by atoms with E-state index in [4.69, 9.17) is 0 Å². The number of piperidine rings is 1. The van der Waals surface area contributed by atoms with Gasteiger partial charge in [0.25, 0.3) is 5.91 Å². The molecular formula is C22H28N4O2. The van der Waals surface area contributed by atoms with Crippen molar-refractivity contribution in [2.75, 3.05) is 13.1 Å². The number of amides is 2. The highest BCUT2D eigenvalue weighted by Gasteiger charge is 2.35. The van der Waals surface area contributed by atoms with E-state index in [-0.39, 0.29) is 17.9 Å². The molecule has 28 heavy (non-hydrogen) atoms. The number of nitrogens with zero attached hydrogens (tertiary/aromatic N) is 3. The number of likely N-dealkylation sites (tertiary alicyclic amines) is 1. The fourth-order valence-electron chi connectivity index (χ4n) is 3.91. The van der Waals surface area contributed by atoms with Gasteiger partial charge in [0.1, 0.15) is 0 Å². The molecule has 0 bridgehead atoms. The van der Waals surface area contributed by atoms with Crippen molar-refractivity contribution < 1.29 is 9.59 Å². The monoisotopic (exact) mass is 380 g/mol. The molecule has 1 aliphatic carbocycles. The van der Waals surface area contributed by atoms with Crippen LogP contribution in [0.2, 0.25) is 0 Å². The molecule has 6 nitrogen and oxygen atoms in total. The molecule has 1 aromatic heterocycles. The molecule has 1 aromatic carbocycles. The largest absolute Gasteiger partial charge is 0.349 e. The highest BCUT2D eigenvalue weighted by molar-refractivity contribution is 5.95. The average molecular weight is 380 g/mol. The third-order valence-corrected chi connectivity index (χ3v) is 5.80. The topological polar surface area (TPSA) is 67.2 Å². The second kappa shape index (κ2) is 7.78. The van der Waals surface area contributed by atoms with E-state index < -0.39 is 0 Å². The quantitative estimate of drug-likeness (QED) is 0.867. The van der Waals surface area contributed by atoms with Gasteiger partial charge >= 0.3 is 0 Å². The lowest BCUT2D eigenvalue weighted by Crippen LogP contribution is -2.47. The van der Waals surface area contributed by atoms with Gasteiger partial charge < -0.3 is 10.2 Å². The Balaban J connectivity index is 1.41. The molecule has 2 aromatic rings. The number of nitrogens with one attached hydrogen (secondary N) is 1. The molecule has 4 rings (SSSR count). The van der Waals surface area contributed by atoms with Crippen LogP contribution in [0.25, 0.3) is 5.69 Å². The molecule has 1 N–H and O–H groups in total. The number of carbonyl (C=O) groups excluding carboxylic acids is 2. The lowest BCUT2D eigenvalue weighted by molar-refractivity contribution is -0.133. The Bertz CT molecular complexity index is 859. The number of benzene rings is 1. The minimum Gasteiger partial charge on any atom is -0.349 e. The zero-order valence-corrected chi connectivity index (χ0v) is 16.6. The smallest absolute Gasteiger partial charge is 0.254 e. The normalized spacial score (nSPS) is 17.6. The maximum atomic E-state index is 12.9. The predicted octanol–water partition coefficient (Wildman–Crippen LogP) is 2.87. The minimum absolute atomic E-state index is 0.0674. The summed E-state index contributed by atoms with van der Waals surface area (Å²) in [6.45, 7) is 5.57. The van der Waals surface area contributed by atoms with Gasteiger partial charge in [-0.25, -0.2) is 4.68 Å². The van der Waals surface area contributed by atoms with Crippen LogP contribution >= 0.6 is 0 Å². The molecule has 6 heteroatoms. The van der Waals surface area contributed by atoms with Crippen LogP contribution in [0.5, 0.6) is 0 Å². The Morgan fingerprint density at radius 2 is 1.79 bits per heavy atom. The van der Waals surface area contributed by atoms with E-state index in [1.807, 2.05) is 40.8 Å². The first kappa shape index (κ1) is 18.7. The highest BCUT2D eigenvalue weighted by atomic mass is 16.2. The number of aromatic nitrogens is 2. The van der Waals surface area contributed by atoms with E-state index >= 15 is 0 Å². The number of hydrogen-bond donors (Lipinski definition) is 1. The van der Waals surface area contributed by atoms with Gasteiger partial charge in [-0.2, -0.15) is 5.10 Å². The first-order chi connectivity index (χ1) is 13.6. The zero-order valence-electron chi connectivity index (χ0n) is 16.6. The summed E-state index contributed by atoms with van der Waals surface area (Å²) in [7, 11) is 0. The fraction of sp³-hybridized carbons (Fsp3) is 0.500. The second-order valence-corrected chi connectivity index (χ2v) is 7.95. The lowest BCUT2D eigenvalue weighted by Gasteiger charge is -2.32. The third-order valence-electron chi connectivity index (χ3n) is 5.80. The molecule has 1 saturated carbocycles. The van der Waals surface area contributed by atoms with E-state index in [0.29, 0.717) is 11.5 Å². The minimum atomic E-state index is -0.0674. The molecule has 0 spiro atoms. The van der Waals surface area contributed by atoms with Gasteiger partial charge in [0.15, 0.2) is 0 Å². The summed E-state index contributed by atoms with van der Waals surface area (Å²) < 4.78 is 1.85. The second-order valence-electron chi connectivity index (χ2n) is 7.95. The fourth-order valence-corrected chi connectivity index (χ4v) is 3.91. The van der Waals surface area contributed by atoms with Crippen molar-refractivity contribution in [1.82, 2.24) is 20.0 Å². The number of rotatable bonds is 5. The van der Waals surface area contributed by atoms with E-state index in [9.17, 15) is 9.59 Å². The van der Waals surface area contributed by atoms with Gasteiger partial charge in [-0.05, 0) is 51.2 Å². The van der Waals surface area contributed by atoms with Crippen molar-refractivity contribution in [3.8, 4) is 5.69 Å². The Hall–Kier alpha value is -2.63. The predicted molar refractivity (Wildman–Crippen MR) is 107 cm³/mol. The third kappa shape index (κ3) is 3.81. The molecule has 2 amide bonds. The van der Waals surface area contributed by atoms with Crippen molar-refractivity contribution >= 4 is 11.8 Å². The van der Waals surface area contributed by atoms with E-state index in [1.165, 1.54) is 5.56 Å². The molecule has 2 fully saturated rings. The van der Waals surface area contributed by atoms with Gasteiger partial charge in [-0.1, -0.05) is 24.6 Å². The molecular weight excluding hydrogens is 352 g/mol. The summed E-state index contributed by atoms with van der Waals surface area (Å²) in [6.07, 6.45) is 6.11. The van der Waals surface area contributed by atoms with E-state index in [2.05, 4.69) is 17.3 Å². The van der Waals surface area contributed by atoms with Crippen LogP contribution in [0.3, 0.4) is 0 Å². The van der Waals surface area contributed by atoms with E-state index in [0.717, 1.165) is 56.6 Å². The maximum Gasteiger partial charge on any atom is 0.254 e. The van der Waals surface area contributed by atoms with Crippen LogP contribution in [-0.2, 0) is 11.2 Å². The van der Waals surface area contributed by atoms with Gasteiger partial charge in [0, 0.05) is 25.0 Å². The van der Waals surface area contributed by atoms with Crippen LogP contribution in [0.1, 0.15) is 54.2 Å². The van der Waals surface area contributed by atoms with Gasteiger partial charge in [-0.3, -0.25) is 9.59 Å². The Labute approximate surface area is 165 Å². The lowest BCUT2D eigenvalue weighted by atomic mass is 10.0. The van der Waals surface area contributed by atoms with Crippen molar-refractivity contribution in [2.45, 2.75) is 52.0 Å². The number of carbonyl (C=O) groups is 2. The Morgan fingerprint density at radius 1 is 1.11 bits per heavy atom. The number of aryl methyl sites for hydroxylation is 1. The Kier molecular flexibility index (Phi) is 5.20. The SMILES string of the molecule is CCc1c(C(=O)NC2CCN(C(=O)C3CC3)CC2)cnn1-c1ccc(C)cc1. The molecule has 0 unspecified atom stereocenters. The van der Waals surface area contributed by atoms with Gasteiger partial charge in [0.05, 0.1) is 23.1 Å². The summed E-state index contributed by atoms with van der Waals surface area (Å²) >= 11 is 0. The Morgan fingerprint density at radius 3 is 2.39 bits per heavy atom. The molecule has 1 aliphatic heterocycles. The van der Waals surface area contributed by atoms with Gasteiger partial charge in [0.2, 0.25) is 5.91 Å². The standard InChI is InChI=1S/C22H28N4O2/c1-3-20-19(14-23-26(20)18-8-4-15(2)5-9-18)21(27)24-17-10-12-25(13-11-17)22(28)16-6-7-16/h4-5,8-9,14,16-17H,3,6-7,10-13H2,1-2H3,(H,24,27). The summed E-state index contributed by atoms with van der Waals surface area (Å²) in [5, 5.41) is 7.62. The molecule has 2 heterocycles. The molecule has 0 atom stereocenters. The first-order valence-electron chi connectivity index (χ1n) is 10.3. The summed E-state index contributed by atoms with van der Waals surface area (Å²) in [5.74, 6) is 0.505. The molecule has 148 valence electrons. The van der Waals surface area contributed by atoms with Crippen LogP contribution < -0.4 is 5.32 Å². The van der Waals surface area contributed by atoms with Crippen molar-refractivity contribution in [3.05, 3.63) is 47.3 Å². The van der Waals surface area contributed by atoms with Crippen molar-refractivity contribution in [2.24, 2.45) is 5.92 Å². The molecule has 2 aliphatic rings. The van der Waals surface area contributed by atoms with Gasteiger partial charge in [-0.15, -0.1) is 0 Å². The van der Waals surface area contributed by atoms with Crippen LogP contribution in [0.4, 0.5) is 0 Å². The summed E-state index contributed by atoms with van der Waals surface area (Å²) in [5.41, 5.74) is 3.72. The summed E-state index contributed by atoms with van der Waals surface area (Å²) in [6, 6.07) is 8.26. The highest BCUT2D eigenvalue weighted by Crippen LogP contribution is 2.32. The molecule has 0 radical (unpaired) electrons. The zero-order chi connectivity index (χ0) is 19.7.